The first kappa shape index (κ1) is 24.1. The second-order valence-electron chi connectivity index (χ2n) is 7.11. The van der Waals surface area contributed by atoms with Crippen LogP contribution in [0.25, 0.3) is 0 Å². The van der Waals surface area contributed by atoms with Gasteiger partial charge in [0, 0.05) is 48.3 Å². The number of hydrogen-bond donors (Lipinski definition) is 0. The molecule has 12 heteroatoms. The van der Waals surface area contributed by atoms with E-state index in [9.17, 15) is 22.4 Å². The molecule has 2 aromatic rings. The second kappa shape index (κ2) is 9.94. The monoisotopic (exact) mass is 500 g/mol. The Morgan fingerprint density at radius 1 is 1.03 bits per heavy atom. The van der Waals surface area contributed by atoms with Crippen LogP contribution in [0, 0.1) is 0 Å². The lowest BCUT2D eigenvalue weighted by molar-refractivity contribution is -0.136. The highest BCUT2D eigenvalue weighted by atomic mass is 35.5. The zero-order valence-electron chi connectivity index (χ0n) is 16.3. The van der Waals surface area contributed by atoms with Crippen LogP contribution in [0.1, 0.15) is 42.8 Å². The van der Waals surface area contributed by atoms with Crippen LogP contribution < -0.4 is 0 Å². The predicted octanol–water partition coefficient (Wildman–Crippen LogP) is 5.62. The number of benzene rings is 1. The number of amides is 1. The molecule has 1 aliphatic rings. The van der Waals surface area contributed by atoms with Crippen LogP contribution >= 0.6 is 34.8 Å². The molecule has 3 rings (SSSR count). The van der Waals surface area contributed by atoms with Gasteiger partial charge in [-0.05, 0) is 19.1 Å². The molecule has 0 N–H and O–H groups in total. The first-order chi connectivity index (χ1) is 14.6. The number of nitrogens with zero attached hydrogens (tertiary/aromatic N) is 4. The van der Waals surface area contributed by atoms with Crippen molar-refractivity contribution < 1.29 is 22.4 Å². The van der Waals surface area contributed by atoms with Crippen molar-refractivity contribution in [3.8, 4) is 0 Å². The van der Waals surface area contributed by atoms with Gasteiger partial charge in [-0.3, -0.25) is 9.69 Å². The number of alkyl halides is 4. The minimum atomic E-state index is -3.15. The van der Waals surface area contributed by atoms with Crippen molar-refractivity contribution >= 4 is 40.7 Å². The van der Waals surface area contributed by atoms with Gasteiger partial charge in [0.05, 0.1) is 5.02 Å². The number of rotatable bonds is 6. The minimum Gasteiger partial charge on any atom is -0.338 e. The van der Waals surface area contributed by atoms with Gasteiger partial charge in [0.1, 0.15) is 17.4 Å². The second-order valence-corrected chi connectivity index (χ2v) is 8.30. The van der Waals surface area contributed by atoms with Crippen LogP contribution in [-0.4, -0.2) is 51.7 Å². The molecule has 1 aromatic carbocycles. The summed E-state index contributed by atoms with van der Waals surface area (Å²) < 4.78 is 53.5. The highest BCUT2D eigenvalue weighted by molar-refractivity contribution is 6.36. The van der Waals surface area contributed by atoms with E-state index in [0.717, 1.165) is 5.56 Å². The average molecular weight is 502 g/mol. The zero-order chi connectivity index (χ0) is 22.9. The fourth-order valence-electron chi connectivity index (χ4n) is 3.48. The third-order valence-electron chi connectivity index (χ3n) is 5.18. The fraction of sp³-hybridized carbons (Fsp3) is 0.474. The topological polar surface area (TPSA) is 41.4 Å². The summed E-state index contributed by atoms with van der Waals surface area (Å²) in [4.78, 5) is 16.4. The summed E-state index contributed by atoms with van der Waals surface area (Å²) >= 11 is 18.1. The lowest BCUT2D eigenvalue weighted by Crippen LogP contribution is -2.50. The minimum absolute atomic E-state index is 0.325. The summed E-state index contributed by atoms with van der Waals surface area (Å²) in [5.74, 6) is -0.502. The summed E-state index contributed by atoms with van der Waals surface area (Å²) in [6.07, 6.45) is -6.28. The van der Waals surface area contributed by atoms with E-state index in [1.54, 1.807) is 18.2 Å². The van der Waals surface area contributed by atoms with E-state index < -0.39 is 41.2 Å². The maximum Gasteiger partial charge on any atom is 0.283 e. The smallest absolute Gasteiger partial charge is 0.283 e. The molecule has 1 aromatic heterocycles. The van der Waals surface area contributed by atoms with E-state index in [1.165, 1.54) is 11.8 Å². The van der Waals surface area contributed by atoms with E-state index in [0.29, 0.717) is 47.5 Å². The van der Waals surface area contributed by atoms with Crippen LogP contribution in [0.3, 0.4) is 0 Å². The number of aromatic nitrogens is 2. The Bertz CT molecular complexity index is 928. The van der Waals surface area contributed by atoms with Gasteiger partial charge < -0.3 is 4.90 Å². The highest BCUT2D eigenvalue weighted by Gasteiger charge is 2.34. The molecular weight excluding hydrogens is 483 g/mol. The molecule has 0 spiro atoms. The van der Waals surface area contributed by atoms with Crippen LogP contribution in [-0.2, 0) is 11.3 Å². The van der Waals surface area contributed by atoms with E-state index in [-0.39, 0.29) is 0 Å². The number of carbonyl (C=O) groups is 1. The van der Waals surface area contributed by atoms with Gasteiger partial charge in [-0.15, -0.1) is 0 Å². The molecule has 1 aliphatic heterocycles. The summed E-state index contributed by atoms with van der Waals surface area (Å²) in [6.45, 7) is 3.49. The Labute approximate surface area is 191 Å². The largest absolute Gasteiger partial charge is 0.338 e. The lowest BCUT2D eigenvalue weighted by atomic mass is 10.2. The molecule has 0 saturated carbocycles. The number of halogens is 7. The Morgan fingerprint density at radius 2 is 1.61 bits per heavy atom. The molecule has 0 aliphatic carbocycles. The third-order valence-corrected chi connectivity index (χ3v) is 6.27. The Morgan fingerprint density at radius 3 is 2.13 bits per heavy atom. The third kappa shape index (κ3) is 5.10. The Hall–Kier alpha value is -1.55. The van der Waals surface area contributed by atoms with Crippen molar-refractivity contribution in [3.05, 3.63) is 50.2 Å². The molecule has 1 saturated heterocycles. The average Bonchev–Trinajstić information content (AvgIpc) is 3.08. The van der Waals surface area contributed by atoms with Gasteiger partial charge in [0.15, 0.2) is 0 Å². The van der Waals surface area contributed by atoms with Crippen molar-refractivity contribution in [2.75, 3.05) is 26.2 Å². The molecule has 1 unspecified atom stereocenters. The first-order valence-electron chi connectivity index (χ1n) is 9.40. The first-order valence-corrected chi connectivity index (χ1v) is 10.5. The predicted molar refractivity (Wildman–Crippen MR) is 110 cm³/mol. The molecule has 31 heavy (non-hydrogen) atoms. The van der Waals surface area contributed by atoms with Gasteiger partial charge in [0.25, 0.3) is 12.9 Å². The quantitative estimate of drug-likeness (QED) is 0.482. The van der Waals surface area contributed by atoms with Gasteiger partial charge in [-0.2, -0.15) is 5.10 Å². The van der Waals surface area contributed by atoms with Crippen molar-refractivity contribution in [2.24, 2.45) is 0 Å². The van der Waals surface area contributed by atoms with Crippen LogP contribution in [0.5, 0.6) is 0 Å². The molecule has 1 fully saturated rings. The van der Waals surface area contributed by atoms with Crippen LogP contribution in [0.15, 0.2) is 18.2 Å². The summed E-state index contributed by atoms with van der Waals surface area (Å²) in [6, 6.07) is 4.03. The standard InChI is InChI=1S/C19H19Cl3F4N4O/c1-10(30-16(18(25)26)14(22)15(27-30)17(23)24)19(31)29-7-5-28(6-8-29)9-11-12(20)3-2-4-13(11)21/h2-4,10,17-18H,5-9H2,1H3. The van der Waals surface area contributed by atoms with Gasteiger partial charge in [-0.25, -0.2) is 22.2 Å². The Kier molecular flexibility index (Phi) is 7.72. The molecule has 2 heterocycles. The van der Waals surface area contributed by atoms with Crippen molar-refractivity contribution in [1.82, 2.24) is 19.6 Å². The summed E-state index contributed by atoms with van der Waals surface area (Å²) in [5.41, 5.74) is -1.06. The van der Waals surface area contributed by atoms with Gasteiger partial charge in [-0.1, -0.05) is 40.9 Å². The van der Waals surface area contributed by atoms with Crippen molar-refractivity contribution in [2.45, 2.75) is 32.4 Å². The number of piperazine rings is 1. The number of hydrogen-bond acceptors (Lipinski definition) is 3. The molecular formula is C19H19Cl3F4N4O. The van der Waals surface area contributed by atoms with E-state index in [2.05, 4.69) is 10.00 Å². The van der Waals surface area contributed by atoms with Gasteiger partial charge in [0.2, 0.25) is 5.91 Å². The van der Waals surface area contributed by atoms with Crippen LogP contribution in [0.2, 0.25) is 15.1 Å². The molecule has 5 nitrogen and oxygen atoms in total. The molecule has 170 valence electrons. The molecule has 0 radical (unpaired) electrons. The highest BCUT2D eigenvalue weighted by Crippen LogP contribution is 2.36. The SMILES string of the molecule is CC(C(=O)N1CCN(Cc2c(Cl)cccc2Cl)CC1)n1nc(C(F)F)c(Cl)c1C(F)F. The Balaban J connectivity index is 1.69. The zero-order valence-corrected chi connectivity index (χ0v) is 18.6. The summed E-state index contributed by atoms with van der Waals surface area (Å²) in [5, 5.41) is 3.78. The number of carbonyl (C=O) groups excluding carboxylic acids is 1. The van der Waals surface area contributed by atoms with E-state index in [1.807, 2.05) is 0 Å². The fourth-order valence-corrected chi connectivity index (χ4v) is 4.28. The normalized spacial score (nSPS) is 16.4. The maximum absolute atomic E-state index is 13.4. The van der Waals surface area contributed by atoms with Crippen molar-refractivity contribution in [3.63, 3.8) is 0 Å². The van der Waals surface area contributed by atoms with Crippen LogP contribution in [0.4, 0.5) is 17.6 Å². The summed E-state index contributed by atoms with van der Waals surface area (Å²) in [7, 11) is 0. The van der Waals surface area contributed by atoms with Crippen molar-refractivity contribution in [1.29, 1.82) is 0 Å². The molecule has 1 atom stereocenters. The molecule has 0 bridgehead atoms. The van der Waals surface area contributed by atoms with E-state index >= 15 is 0 Å². The van der Waals surface area contributed by atoms with E-state index in [4.69, 9.17) is 34.8 Å². The molecule has 1 amide bonds. The van der Waals surface area contributed by atoms with Gasteiger partial charge >= 0.3 is 0 Å². The maximum atomic E-state index is 13.4. The lowest BCUT2D eigenvalue weighted by Gasteiger charge is -2.36.